The van der Waals surface area contributed by atoms with Gasteiger partial charge in [-0.15, -0.1) is 0 Å². The monoisotopic (exact) mass is 118 g/mol. The summed E-state index contributed by atoms with van der Waals surface area (Å²) in [6, 6.07) is 10.4. The minimum atomic E-state index is 0.0697. The molecule has 0 aliphatic heterocycles. The molecule has 1 rings (SSSR count). The summed E-state index contributed by atoms with van der Waals surface area (Å²) < 4.78 is 0. The molecule has 0 amide bonds. The Hall–Kier alpha value is -1.29. The fourth-order valence-electron chi connectivity index (χ4n) is 0.566. The number of carbonyl (C=O) groups is 1. The SMILES string of the molecule is CC(=O)c1cc#ccc1. The first kappa shape index (κ1) is 5.84. The van der Waals surface area contributed by atoms with Gasteiger partial charge in [-0.1, -0.05) is 12.1 Å². The van der Waals surface area contributed by atoms with E-state index in [1.165, 1.54) is 6.92 Å². The van der Waals surface area contributed by atoms with E-state index in [4.69, 9.17) is 0 Å². The number of Topliss-reactive ketones (excluding diaryl/α,β-unsaturated/α-hetero) is 1. The summed E-state index contributed by atoms with van der Waals surface area (Å²) in [6.45, 7) is 1.53. The maximum Gasteiger partial charge on any atom is 0.160 e. The molecule has 0 radical (unpaired) electrons. The Morgan fingerprint density at radius 2 is 2.33 bits per heavy atom. The molecule has 0 spiro atoms. The number of rotatable bonds is 1. The molecule has 0 saturated carbocycles. The molecule has 0 aromatic heterocycles. The largest absolute Gasteiger partial charge is 0.294 e. The van der Waals surface area contributed by atoms with Crippen molar-refractivity contribution in [3.8, 4) is 0 Å². The van der Waals surface area contributed by atoms with Gasteiger partial charge in [0, 0.05) is 5.56 Å². The van der Waals surface area contributed by atoms with Gasteiger partial charge in [-0.05, 0) is 25.1 Å². The number of hydrogen-bond acceptors (Lipinski definition) is 1. The highest BCUT2D eigenvalue weighted by Gasteiger charge is 1.92. The zero-order chi connectivity index (χ0) is 6.69. The predicted molar refractivity (Wildman–Crippen MR) is 34.1 cm³/mol. The van der Waals surface area contributed by atoms with Crippen molar-refractivity contribution in [3.05, 3.63) is 35.9 Å². The summed E-state index contributed by atoms with van der Waals surface area (Å²) in [5.74, 6) is 0.0697. The van der Waals surface area contributed by atoms with Crippen LogP contribution in [0.4, 0.5) is 0 Å². The van der Waals surface area contributed by atoms with E-state index >= 15 is 0 Å². The van der Waals surface area contributed by atoms with Crippen LogP contribution < -0.4 is 0 Å². The Balaban J connectivity index is 2.98. The molecule has 1 nitrogen and oxygen atoms in total. The third-order valence-electron chi connectivity index (χ3n) is 1.06. The van der Waals surface area contributed by atoms with Crippen molar-refractivity contribution in [1.29, 1.82) is 0 Å². The van der Waals surface area contributed by atoms with Gasteiger partial charge in [-0.3, -0.25) is 4.79 Å². The average Bonchev–Trinajstić information content (AvgIpc) is 1.90. The third-order valence-corrected chi connectivity index (χ3v) is 1.06. The summed E-state index contributed by atoms with van der Waals surface area (Å²) in [6.07, 6.45) is 0. The van der Waals surface area contributed by atoms with E-state index < -0.39 is 0 Å². The molecule has 0 heterocycles. The highest BCUT2D eigenvalue weighted by atomic mass is 16.1. The van der Waals surface area contributed by atoms with Crippen molar-refractivity contribution in [1.82, 2.24) is 0 Å². The van der Waals surface area contributed by atoms with Crippen LogP contribution in [0.5, 0.6) is 0 Å². The Labute approximate surface area is 54.3 Å². The van der Waals surface area contributed by atoms with E-state index in [9.17, 15) is 4.79 Å². The van der Waals surface area contributed by atoms with Gasteiger partial charge in [0.1, 0.15) is 0 Å². The number of carbonyl (C=O) groups excluding carboxylic acids is 1. The van der Waals surface area contributed by atoms with E-state index in [-0.39, 0.29) is 5.78 Å². The van der Waals surface area contributed by atoms with E-state index in [1.54, 1.807) is 18.2 Å². The van der Waals surface area contributed by atoms with Crippen LogP contribution in [0.25, 0.3) is 0 Å². The molecule has 9 heavy (non-hydrogen) atoms. The van der Waals surface area contributed by atoms with Gasteiger partial charge in [0.05, 0.1) is 0 Å². The third kappa shape index (κ3) is 1.30. The minimum Gasteiger partial charge on any atom is -0.294 e. The van der Waals surface area contributed by atoms with Crippen molar-refractivity contribution in [3.63, 3.8) is 0 Å². The Kier molecular flexibility index (Phi) is 1.51. The van der Waals surface area contributed by atoms with Crippen LogP contribution in [-0.4, -0.2) is 5.78 Å². The standard InChI is InChI=1S/C8H6O/c1-7(9)8-5-3-2-4-6-8/h3,5-6H,1H3. The first-order valence-electron chi connectivity index (χ1n) is 2.69. The van der Waals surface area contributed by atoms with Gasteiger partial charge in [-0.2, -0.15) is 0 Å². The Morgan fingerprint density at radius 1 is 1.56 bits per heavy atom. The molecule has 0 saturated heterocycles. The molecule has 0 bridgehead atoms. The van der Waals surface area contributed by atoms with E-state index in [1.807, 2.05) is 0 Å². The quantitative estimate of drug-likeness (QED) is 0.510. The first-order valence-corrected chi connectivity index (χ1v) is 2.69. The lowest BCUT2D eigenvalue weighted by molar-refractivity contribution is 0.101. The highest BCUT2D eigenvalue weighted by Crippen LogP contribution is 1.94. The Morgan fingerprint density at radius 3 is 2.67 bits per heavy atom. The summed E-state index contributed by atoms with van der Waals surface area (Å²) >= 11 is 0. The second kappa shape index (κ2) is 2.32. The van der Waals surface area contributed by atoms with Crippen molar-refractivity contribution >= 4 is 5.78 Å². The maximum atomic E-state index is 10.6. The Bertz CT molecular complexity index is 201. The summed E-state index contributed by atoms with van der Waals surface area (Å²) in [5, 5.41) is 0. The van der Waals surface area contributed by atoms with Crippen LogP contribution in [0.15, 0.2) is 18.2 Å². The van der Waals surface area contributed by atoms with E-state index in [0.717, 1.165) is 0 Å². The number of hydrogen-bond donors (Lipinski definition) is 0. The van der Waals surface area contributed by atoms with E-state index in [2.05, 4.69) is 12.1 Å². The highest BCUT2D eigenvalue weighted by molar-refractivity contribution is 5.93. The van der Waals surface area contributed by atoms with Crippen molar-refractivity contribution < 1.29 is 4.79 Å². The topological polar surface area (TPSA) is 17.1 Å². The first-order chi connectivity index (χ1) is 4.30. The predicted octanol–water partition coefficient (Wildman–Crippen LogP) is 1.49. The smallest absolute Gasteiger partial charge is 0.160 e. The molecule has 44 valence electrons. The fraction of sp³-hybridized carbons (Fsp3) is 0.125. The minimum absolute atomic E-state index is 0.0697. The molecular weight excluding hydrogens is 112 g/mol. The molecule has 0 aliphatic rings. The molecular formula is C8H6O. The van der Waals surface area contributed by atoms with Gasteiger partial charge in [0.25, 0.3) is 0 Å². The van der Waals surface area contributed by atoms with Gasteiger partial charge < -0.3 is 0 Å². The summed E-state index contributed by atoms with van der Waals surface area (Å²) in [5.41, 5.74) is 0.689. The molecule has 1 heteroatoms. The molecule has 0 N–H and O–H groups in total. The molecule has 0 aliphatic carbocycles. The van der Waals surface area contributed by atoms with Crippen LogP contribution in [0.1, 0.15) is 17.3 Å². The lowest BCUT2D eigenvalue weighted by Gasteiger charge is -1.86. The van der Waals surface area contributed by atoms with Gasteiger partial charge >= 0.3 is 0 Å². The van der Waals surface area contributed by atoms with Gasteiger partial charge in [-0.25, -0.2) is 0 Å². The van der Waals surface area contributed by atoms with Crippen molar-refractivity contribution in [2.24, 2.45) is 0 Å². The van der Waals surface area contributed by atoms with Gasteiger partial charge in [0.2, 0.25) is 0 Å². The summed E-state index contributed by atoms with van der Waals surface area (Å²) in [4.78, 5) is 10.6. The molecule has 0 unspecified atom stereocenters. The zero-order valence-corrected chi connectivity index (χ0v) is 5.14. The second-order valence-electron chi connectivity index (χ2n) is 1.78. The molecule has 0 atom stereocenters. The maximum absolute atomic E-state index is 10.6. The molecule has 0 fully saturated rings. The van der Waals surface area contributed by atoms with Crippen LogP contribution in [-0.2, 0) is 0 Å². The average molecular weight is 118 g/mol. The molecule has 1 aromatic carbocycles. The normalized spacial score (nSPS) is 8.11. The van der Waals surface area contributed by atoms with E-state index in [0.29, 0.717) is 5.56 Å². The molecule has 1 aromatic rings. The van der Waals surface area contributed by atoms with Crippen LogP contribution in [0, 0.1) is 12.1 Å². The second-order valence-corrected chi connectivity index (χ2v) is 1.78. The lowest BCUT2D eigenvalue weighted by atomic mass is 10.2. The van der Waals surface area contributed by atoms with Crippen molar-refractivity contribution in [2.45, 2.75) is 6.92 Å². The van der Waals surface area contributed by atoms with Crippen molar-refractivity contribution in [2.75, 3.05) is 0 Å². The van der Waals surface area contributed by atoms with Crippen LogP contribution >= 0.6 is 0 Å². The zero-order valence-electron chi connectivity index (χ0n) is 5.14. The van der Waals surface area contributed by atoms with Crippen LogP contribution in [0.2, 0.25) is 0 Å². The number of ketones is 1. The fourth-order valence-corrected chi connectivity index (χ4v) is 0.566. The lowest BCUT2D eigenvalue weighted by Crippen LogP contribution is -1.88. The van der Waals surface area contributed by atoms with Gasteiger partial charge in [0.15, 0.2) is 5.78 Å². The van der Waals surface area contributed by atoms with Crippen LogP contribution in [0.3, 0.4) is 0 Å². The summed E-state index contributed by atoms with van der Waals surface area (Å²) in [7, 11) is 0.